The minimum absolute atomic E-state index is 0.154. The summed E-state index contributed by atoms with van der Waals surface area (Å²) in [6.07, 6.45) is 0.364. The summed E-state index contributed by atoms with van der Waals surface area (Å²) in [5.41, 5.74) is 8.03. The molecule has 7 nitrogen and oxygen atoms in total. The number of primary amides is 1. The van der Waals surface area contributed by atoms with Gasteiger partial charge in [0.15, 0.2) is 0 Å². The molecule has 0 aliphatic carbocycles. The zero-order valence-corrected chi connectivity index (χ0v) is 16.7. The molecule has 3 rings (SSSR count). The molecular weight excluding hydrogens is 368 g/mol. The maximum absolute atomic E-state index is 12.4. The fourth-order valence-electron chi connectivity index (χ4n) is 3.65. The molecule has 0 aliphatic rings. The van der Waals surface area contributed by atoms with Crippen LogP contribution in [0.15, 0.2) is 42.5 Å². The lowest BCUT2D eigenvalue weighted by atomic mass is 10.0. The molecule has 1 heterocycles. The fourth-order valence-corrected chi connectivity index (χ4v) is 3.65. The van der Waals surface area contributed by atoms with E-state index in [1.807, 2.05) is 37.3 Å². The highest BCUT2D eigenvalue weighted by molar-refractivity contribution is 6.09. The summed E-state index contributed by atoms with van der Waals surface area (Å²) in [6, 6.07) is 14.1. The molecule has 3 amide bonds. The molecule has 0 radical (unpaired) electrons. The standard InChI is InChI=1S/C22H26N4O3/c1-3-26-18-7-5-4-6-16(18)17-12-15(8-9-19(17)26)25-22(29)11-14(2)10-21(28)24-13-20(23)27/h4-9,12,14H,3,10-11,13H2,1-2H3,(H2,23,27)(H,24,28)(H,25,29). The third-order valence-electron chi connectivity index (χ3n) is 4.90. The number of nitrogens with two attached hydrogens (primary N) is 1. The molecule has 29 heavy (non-hydrogen) atoms. The second kappa shape index (κ2) is 8.77. The van der Waals surface area contributed by atoms with Crippen LogP contribution in [0.3, 0.4) is 0 Å². The van der Waals surface area contributed by atoms with Crippen molar-refractivity contribution in [3.05, 3.63) is 42.5 Å². The van der Waals surface area contributed by atoms with E-state index in [0.29, 0.717) is 0 Å². The maximum atomic E-state index is 12.4. The van der Waals surface area contributed by atoms with Crippen LogP contribution in [0.1, 0.15) is 26.7 Å². The molecule has 0 bridgehead atoms. The van der Waals surface area contributed by atoms with Crippen LogP contribution in [0.4, 0.5) is 5.69 Å². The van der Waals surface area contributed by atoms with E-state index in [1.54, 1.807) is 0 Å². The van der Waals surface area contributed by atoms with Crippen molar-refractivity contribution < 1.29 is 14.4 Å². The Labute approximate surface area is 169 Å². The maximum Gasteiger partial charge on any atom is 0.236 e. The van der Waals surface area contributed by atoms with Crippen molar-refractivity contribution in [3.63, 3.8) is 0 Å². The van der Waals surface area contributed by atoms with Crippen LogP contribution in [0.5, 0.6) is 0 Å². The normalized spacial score (nSPS) is 12.1. The minimum atomic E-state index is -0.594. The third-order valence-corrected chi connectivity index (χ3v) is 4.90. The van der Waals surface area contributed by atoms with E-state index < -0.39 is 5.91 Å². The van der Waals surface area contributed by atoms with Gasteiger partial charge in [0.05, 0.1) is 6.54 Å². The van der Waals surface area contributed by atoms with E-state index in [-0.39, 0.29) is 37.1 Å². The number of amides is 3. The molecule has 0 spiro atoms. The second-order valence-electron chi connectivity index (χ2n) is 7.30. The number of carbonyl (C=O) groups excluding carboxylic acids is 3. The number of benzene rings is 2. The number of para-hydroxylation sites is 1. The van der Waals surface area contributed by atoms with Crippen molar-refractivity contribution in [2.24, 2.45) is 11.7 Å². The average molecular weight is 394 g/mol. The molecule has 1 aromatic heterocycles. The molecule has 3 aromatic rings. The third kappa shape index (κ3) is 4.74. The highest BCUT2D eigenvalue weighted by atomic mass is 16.2. The van der Waals surface area contributed by atoms with Gasteiger partial charge in [0.2, 0.25) is 17.7 Å². The van der Waals surface area contributed by atoms with Gasteiger partial charge in [-0.3, -0.25) is 14.4 Å². The van der Waals surface area contributed by atoms with Crippen LogP contribution >= 0.6 is 0 Å². The van der Waals surface area contributed by atoms with Crippen LogP contribution in [0, 0.1) is 5.92 Å². The lowest BCUT2D eigenvalue weighted by Gasteiger charge is -2.12. The second-order valence-corrected chi connectivity index (χ2v) is 7.30. The Hall–Kier alpha value is -3.35. The van der Waals surface area contributed by atoms with E-state index in [0.717, 1.165) is 28.5 Å². The van der Waals surface area contributed by atoms with Gasteiger partial charge in [-0.05, 0) is 37.1 Å². The van der Waals surface area contributed by atoms with E-state index in [2.05, 4.69) is 34.3 Å². The quantitative estimate of drug-likeness (QED) is 0.547. The molecule has 7 heteroatoms. The van der Waals surface area contributed by atoms with E-state index in [1.165, 1.54) is 5.52 Å². The van der Waals surface area contributed by atoms with Crippen molar-refractivity contribution >= 4 is 45.2 Å². The number of hydrogen-bond acceptors (Lipinski definition) is 3. The largest absolute Gasteiger partial charge is 0.368 e. The highest BCUT2D eigenvalue weighted by Gasteiger charge is 2.15. The Kier molecular flexibility index (Phi) is 6.16. The summed E-state index contributed by atoms with van der Waals surface area (Å²) in [5, 5.41) is 7.61. The fraction of sp³-hybridized carbons (Fsp3) is 0.318. The SMILES string of the molecule is CCn1c2ccccc2c2cc(NC(=O)CC(C)CC(=O)NCC(N)=O)ccc21. The first-order valence-electron chi connectivity index (χ1n) is 9.75. The summed E-state index contributed by atoms with van der Waals surface area (Å²) in [7, 11) is 0. The lowest BCUT2D eigenvalue weighted by Crippen LogP contribution is -2.34. The van der Waals surface area contributed by atoms with Crippen LogP contribution in [0.25, 0.3) is 21.8 Å². The molecule has 4 N–H and O–H groups in total. The van der Waals surface area contributed by atoms with Crippen LogP contribution in [-0.2, 0) is 20.9 Å². The van der Waals surface area contributed by atoms with Gasteiger partial charge in [0.1, 0.15) is 0 Å². The number of aryl methyl sites for hydroxylation is 1. The van der Waals surface area contributed by atoms with Gasteiger partial charge in [-0.2, -0.15) is 0 Å². The molecule has 0 aliphatic heterocycles. The topological polar surface area (TPSA) is 106 Å². The number of anilines is 1. The molecule has 152 valence electrons. The Morgan fingerprint density at radius 3 is 2.41 bits per heavy atom. The first-order valence-corrected chi connectivity index (χ1v) is 9.75. The first-order chi connectivity index (χ1) is 13.9. The number of nitrogens with zero attached hydrogens (tertiary/aromatic N) is 1. The minimum Gasteiger partial charge on any atom is -0.368 e. The highest BCUT2D eigenvalue weighted by Crippen LogP contribution is 2.31. The van der Waals surface area contributed by atoms with Gasteiger partial charge in [0.25, 0.3) is 0 Å². The smallest absolute Gasteiger partial charge is 0.236 e. The first kappa shape index (κ1) is 20.4. The van der Waals surface area contributed by atoms with Crippen molar-refractivity contribution in [2.45, 2.75) is 33.2 Å². The Bertz CT molecular complexity index is 1070. The van der Waals surface area contributed by atoms with Gasteiger partial charge < -0.3 is 20.9 Å². The van der Waals surface area contributed by atoms with E-state index in [4.69, 9.17) is 5.73 Å². The molecule has 1 unspecified atom stereocenters. The zero-order valence-electron chi connectivity index (χ0n) is 16.7. The van der Waals surface area contributed by atoms with Crippen LogP contribution < -0.4 is 16.4 Å². The Balaban J connectivity index is 1.68. The Morgan fingerprint density at radius 1 is 1.00 bits per heavy atom. The molecule has 1 atom stereocenters. The summed E-state index contributed by atoms with van der Waals surface area (Å²) in [6.45, 7) is 4.61. The van der Waals surface area contributed by atoms with Gasteiger partial charge in [-0.25, -0.2) is 0 Å². The lowest BCUT2D eigenvalue weighted by molar-refractivity contribution is -0.125. The predicted molar refractivity (Wildman–Crippen MR) is 114 cm³/mol. The Morgan fingerprint density at radius 2 is 1.69 bits per heavy atom. The van der Waals surface area contributed by atoms with Gasteiger partial charge >= 0.3 is 0 Å². The molecule has 0 saturated heterocycles. The molecule has 0 fully saturated rings. The van der Waals surface area contributed by atoms with Crippen molar-refractivity contribution in [1.82, 2.24) is 9.88 Å². The molecule has 2 aromatic carbocycles. The van der Waals surface area contributed by atoms with Gasteiger partial charge in [-0.1, -0.05) is 25.1 Å². The predicted octanol–water partition coefficient (Wildman–Crippen LogP) is 2.77. The van der Waals surface area contributed by atoms with E-state index in [9.17, 15) is 14.4 Å². The van der Waals surface area contributed by atoms with Crippen molar-refractivity contribution in [3.8, 4) is 0 Å². The van der Waals surface area contributed by atoms with Gasteiger partial charge in [0, 0.05) is 46.9 Å². The van der Waals surface area contributed by atoms with Crippen LogP contribution in [0.2, 0.25) is 0 Å². The number of nitrogens with one attached hydrogen (secondary N) is 2. The summed E-state index contributed by atoms with van der Waals surface area (Å²) < 4.78 is 2.25. The molecular formula is C22H26N4O3. The summed E-state index contributed by atoms with van der Waals surface area (Å²) in [4.78, 5) is 34.9. The van der Waals surface area contributed by atoms with Crippen molar-refractivity contribution in [2.75, 3.05) is 11.9 Å². The zero-order chi connectivity index (χ0) is 21.0. The van der Waals surface area contributed by atoms with E-state index >= 15 is 0 Å². The number of carbonyl (C=O) groups is 3. The average Bonchev–Trinajstić information content (AvgIpc) is 2.99. The van der Waals surface area contributed by atoms with Crippen molar-refractivity contribution in [1.29, 1.82) is 0 Å². The monoisotopic (exact) mass is 394 g/mol. The number of fused-ring (bicyclic) bond motifs is 3. The number of hydrogen-bond donors (Lipinski definition) is 3. The molecule has 0 saturated carbocycles. The summed E-state index contributed by atoms with van der Waals surface area (Å²) in [5.74, 6) is -1.20. The van der Waals surface area contributed by atoms with Crippen LogP contribution in [-0.4, -0.2) is 28.8 Å². The van der Waals surface area contributed by atoms with Gasteiger partial charge in [-0.15, -0.1) is 0 Å². The summed E-state index contributed by atoms with van der Waals surface area (Å²) >= 11 is 0. The number of aromatic nitrogens is 1. The number of rotatable bonds is 8.